The van der Waals surface area contributed by atoms with Crippen molar-refractivity contribution in [2.45, 2.75) is 32.7 Å². The zero-order valence-corrected chi connectivity index (χ0v) is 19.1. The van der Waals surface area contributed by atoms with Gasteiger partial charge in [0.05, 0.1) is 12.3 Å². The van der Waals surface area contributed by atoms with Crippen molar-refractivity contribution in [3.05, 3.63) is 77.7 Å². The molecule has 0 spiro atoms. The smallest absolute Gasteiger partial charge is 0.221 e. The predicted molar refractivity (Wildman–Crippen MR) is 130 cm³/mol. The fraction of sp³-hybridized carbons (Fsp3) is 0.346. The molecule has 0 unspecified atom stereocenters. The quantitative estimate of drug-likeness (QED) is 0.591. The Kier molecular flexibility index (Phi) is 7.87. The average molecular weight is 446 g/mol. The molecule has 7 nitrogen and oxygen atoms in total. The Morgan fingerprint density at radius 1 is 1.06 bits per heavy atom. The van der Waals surface area contributed by atoms with Crippen LogP contribution in [0.1, 0.15) is 36.6 Å². The molecule has 7 heteroatoms. The second kappa shape index (κ2) is 11.4. The minimum Gasteiger partial charge on any atom is -0.493 e. The number of hydrogen-bond donors (Lipinski definition) is 2. The number of nitrogens with zero attached hydrogens (tertiary/aromatic N) is 3. The second-order valence-electron chi connectivity index (χ2n) is 8.21. The predicted octanol–water partition coefficient (Wildman–Crippen LogP) is 3.92. The third-order valence-corrected chi connectivity index (χ3v) is 5.63. The molecule has 6 bridgehead atoms. The minimum absolute atomic E-state index is 0.0807. The van der Waals surface area contributed by atoms with E-state index < -0.39 is 0 Å². The summed E-state index contributed by atoms with van der Waals surface area (Å²) in [7, 11) is 0. The molecule has 1 aromatic heterocycles. The number of ether oxygens (including phenoxy) is 1. The maximum absolute atomic E-state index is 12.3. The van der Waals surface area contributed by atoms with E-state index in [-0.39, 0.29) is 5.91 Å². The Bertz CT molecular complexity index is 1070. The average Bonchev–Trinajstić information content (AvgIpc) is 2.82. The van der Waals surface area contributed by atoms with Crippen molar-refractivity contribution in [1.29, 1.82) is 0 Å². The molecule has 2 aromatic carbocycles. The summed E-state index contributed by atoms with van der Waals surface area (Å²) < 4.78 is 5.86. The number of rotatable bonds is 1. The lowest BCUT2D eigenvalue weighted by Crippen LogP contribution is -2.31. The van der Waals surface area contributed by atoms with E-state index in [4.69, 9.17) is 4.74 Å². The van der Waals surface area contributed by atoms with Crippen LogP contribution in [-0.4, -0.2) is 47.0 Å². The van der Waals surface area contributed by atoms with Gasteiger partial charge >= 0.3 is 0 Å². The van der Waals surface area contributed by atoms with Crippen LogP contribution in [0, 0.1) is 0 Å². The van der Waals surface area contributed by atoms with Crippen molar-refractivity contribution < 1.29 is 9.53 Å². The van der Waals surface area contributed by atoms with E-state index >= 15 is 0 Å². The van der Waals surface area contributed by atoms with Crippen molar-refractivity contribution in [1.82, 2.24) is 20.2 Å². The highest BCUT2D eigenvalue weighted by molar-refractivity contribution is 5.76. The Balaban J connectivity index is 1.55. The van der Waals surface area contributed by atoms with Crippen LogP contribution >= 0.6 is 0 Å². The van der Waals surface area contributed by atoms with Crippen LogP contribution in [-0.2, 0) is 17.8 Å². The van der Waals surface area contributed by atoms with E-state index in [2.05, 4.69) is 56.7 Å². The molecule has 1 amide bonds. The zero-order chi connectivity index (χ0) is 22.9. The number of fused-ring (bicyclic) bond motifs is 6. The minimum atomic E-state index is 0.0807. The molecule has 0 saturated carbocycles. The van der Waals surface area contributed by atoms with Crippen LogP contribution in [0.5, 0.6) is 5.75 Å². The molecule has 3 aromatic rings. The second-order valence-corrected chi connectivity index (χ2v) is 8.21. The zero-order valence-electron chi connectivity index (χ0n) is 19.1. The highest BCUT2D eigenvalue weighted by Gasteiger charge is 2.09. The van der Waals surface area contributed by atoms with Gasteiger partial charge in [-0.15, -0.1) is 0 Å². The molecule has 1 aliphatic heterocycles. The third-order valence-electron chi connectivity index (χ3n) is 5.63. The molecule has 0 atom stereocenters. The van der Waals surface area contributed by atoms with Crippen molar-refractivity contribution in [2.75, 3.05) is 31.6 Å². The number of aromatic nitrogens is 2. The standard InChI is InChI=1S/C26H31N5O2/c1-2-31-12-10-26(32)27-11-5-13-33-24-9-4-8-22(16-24)30-25-17-23(28-19-29-25)15-20-6-3-7-21(14-20)18-31/h3-4,6-9,14,16-17,19H,2,5,10-13,15,18H2,1H3,(H,27,32)(H,28,29,30). The lowest BCUT2D eigenvalue weighted by molar-refractivity contribution is -0.121. The molecule has 0 saturated heterocycles. The highest BCUT2D eigenvalue weighted by Crippen LogP contribution is 2.21. The van der Waals surface area contributed by atoms with Gasteiger partial charge in [0.15, 0.2) is 0 Å². The van der Waals surface area contributed by atoms with Crippen LogP contribution < -0.4 is 15.4 Å². The molecule has 0 fully saturated rings. The van der Waals surface area contributed by atoms with Crippen molar-refractivity contribution in [3.8, 4) is 5.75 Å². The number of anilines is 2. The Morgan fingerprint density at radius 3 is 2.85 bits per heavy atom. The number of carbonyl (C=O) groups excluding carboxylic acids is 1. The summed E-state index contributed by atoms with van der Waals surface area (Å²) in [5.74, 6) is 1.61. The van der Waals surface area contributed by atoms with Gasteiger partial charge in [0.25, 0.3) is 0 Å². The van der Waals surface area contributed by atoms with E-state index in [0.717, 1.165) is 55.4 Å². The first-order valence-corrected chi connectivity index (χ1v) is 11.6. The maximum atomic E-state index is 12.3. The SMILES string of the molecule is CCN1CCC(=O)NCCCOc2cccc(c2)Nc2cc(ncn2)Cc2cccc(c2)C1. The number of carbonyl (C=O) groups is 1. The molecule has 0 radical (unpaired) electrons. The maximum Gasteiger partial charge on any atom is 0.221 e. The third kappa shape index (κ3) is 7.02. The van der Waals surface area contributed by atoms with E-state index in [1.165, 1.54) is 11.1 Å². The van der Waals surface area contributed by atoms with Gasteiger partial charge in [-0.25, -0.2) is 9.97 Å². The fourth-order valence-electron chi connectivity index (χ4n) is 3.87. The lowest BCUT2D eigenvalue weighted by Gasteiger charge is -2.20. The van der Waals surface area contributed by atoms with Gasteiger partial charge in [0.2, 0.25) is 5.91 Å². The first kappa shape index (κ1) is 22.7. The summed E-state index contributed by atoms with van der Waals surface area (Å²) in [5.41, 5.74) is 4.29. The fourth-order valence-corrected chi connectivity index (χ4v) is 3.87. The molecule has 2 N–H and O–H groups in total. The molecular formula is C26H31N5O2. The van der Waals surface area contributed by atoms with Crippen LogP contribution in [0.3, 0.4) is 0 Å². The first-order valence-electron chi connectivity index (χ1n) is 11.6. The van der Waals surface area contributed by atoms with Gasteiger partial charge in [-0.3, -0.25) is 9.69 Å². The molecule has 4 rings (SSSR count). The van der Waals surface area contributed by atoms with Gasteiger partial charge in [0.1, 0.15) is 17.9 Å². The van der Waals surface area contributed by atoms with E-state index in [0.29, 0.717) is 19.6 Å². The number of hydrogen-bond acceptors (Lipinski definition) is 6. The summed E-state index contributed by atoms with van der Waals surface area (Å²) in [6.07, 6.45) is 3.57. The van der Waals surface area contributed by atoms with Crippen molar-refractivity contribution >= 4 is 17.4 Å². The summed E-state index contributed by atoms with van der Waals surface area (Å²) in [4.78, 5) is 23.4. The van der Waals surface area contributed by atoms with Crippen LogP contribution in [0.2, 0.25) is 0 Å². The van der Waals surface area contributed by atoms with Crippen molar-refractivity contribution in [2.24, 2.45) is 0 Å². The summed E-state index contributed by atoms with van der Waals surface area (Å²) in [6, 6.07) is 18.4. The number of nitrogens with one attached hydrogen (secondary N) is 2. The Morgan fingerprint density at radius 2 is 1.94 bits per heavy atom. The van der Waals surface area contributed by atoms with E-state index in [1.807, 2.05) is 30.3 Å². The van der Waals surface area contributed by atoms with Gasteiger partial charge in [-0.2, -0.15) is 0 Å². The molecular weight excluding hydrogens is 414 g/mol. The molecule has 33 heavy (non-hydrogen) atoms. The van der Waals surface area contributed by atoms with Gasteiger partial charge in [-0.05, 0) is 36.2 Å². The van der Waals surface area contributed by atoms with Gasteiger partial charge in [-0.1, -0.05) is 37.3 Å². The molecule has 2 heterocycles. The monoisotopic (exact) mass is 445 g/mol. The summed E-state index contributed by atoms with van der Waals surface area (Å²) >= 11 is 0. The number of benzene rings is 2. The van der Waals surface area contributed by atoms with E-state index in [1.54, 1.807) is 6.33 Å². The van der Waals surface area contributed by atoms with Crippen LogP contribution in [0.15, 0.2) is 60.9 Å². The van der Waals surface area contributed by atoms with Crippen LogP contribution in [0.25, 0.3) is 0 Å². The van der Waals surface area contributed by atoms with E-state index in [9.17, 15) is 4.79 Å². The van der Waals surface area contributed by atoms with Crippen molar-refractivity contribution in [3.63, 3.8) is 0 Å². The van der Waals surface area contributed by atoms with Crippen LogP contribution in [0.4, 0.5) is 11.5 Å². The number of amides is 1. The lowest BCUT2D eigenvalue weighted by atomic mass is 10.1. The summed E-state index contributed by atoms with van der Waals surface area (Å²) in [5, 5.41) is 6.35. The Labute approximate surface area is 195 Å². The largest absolute Gasteiger partial charge is 0.493 e. The summed E-state index contributed by atoms with van der Waals surface area (Å²) in [6.45, 7) is 5.72. The molecule has 172 valence electrons. The molecule has 0 aliphatic carbocycles. The highest BCUT2D eigenvalue weighted by atomic mass is 16.5. The van der Waals surface area contributed by atoms with Gasteiger partial charge in [0, 0.05) is 50.3 Å². The van der Waals surface area contributed by atoms with Gasteiger partial charge < -0.3 is 15.4 Å². The molecule has 1 aliphatic rings. The topological polar surface area (TPSA) is 79.4 Å². The normalized spacial score (nSPS) is 16.0. The Hall–Kier alpha value is -3.45. The first-order chi connectivity index (χ1) is 16.2.